The normalized spacial score (nSPS) is 19.2. The highest BCUT2D eigenvalue weighted by Gasteiger charge is 2.19. The summed E-state index contributed by atoms with van der Waals surface area (Å²) in [5, 5.41) is 3.16. The number of morpholine rings is 1. The first-order valence-electron chi connectivity index (χ1n) is 7.11. The molecule has 0 bridgehead atoms. The van der Waals surface area contributed by atoms with Gasteiger partial charge in [-0.05, 0) is 12.3 Å². The molecule has 4 nitrogen and oxygen atoms in total. The van der Waals surface area contributed by atoms with Crippen LogP contribution in [-0.4, -0.2) is 49.7 Å². The number of hydrogen-bond acceptors (Lipinski definition) is 3. The Morgan fingerprint density at radius 2 is 1.83 bits per heavy atom. The van der Waals surface area contributed by atoms with Crippen molar-refractivity contribution in [2.45, 2.75) is 40.2 Å². The summed E-state index contributed by atoms with van der Waals surface area (Å²) >= 11 is 0. The Kier molecular flexibility index (Phi) is 6.65. The Hall–Kier alpha value is -0.610. The predicted octanol–water partition coefficient (Wildman–Crippen LogP) is 1.51. The first kappa shape index (κ1) is 15.4. The van der Waals surface area contributed by atoms with Crippen molar-refractivity contribution in [3.05, 3.63) is 0 Å². The predicted molar refractivity (Wildman–Crippen MR) is 73.5 cm³/mol. The number of carbonyl (C=O) groups is 1. The van der Waals surface area contributed by atoms with Crippen LogP contribution in [0.3, 0.4) is 0 Å². The van der Waals surface area contributed by atoms with E-state index < -0.39 is 0 Å². The molecule has 1 fully saturated rings. The Morgan fingerprint density at radius 3 is 2.33 bits per heavy atom. The fourth-order valence-electron chi connectivity index (χ4n) is 2.07. The van der Waals surface area contributed by atoms with Crippen molar-refractivity contribution in [3.63, 3.8) is 0 Å². The molecule has 0 radical (unpaired) electrons. The van der Waals surface area contributed by atoms with Gasteiger partial charge in [0.05, 0.1) is 13.2 Å². The van der Waals surface area contributed by atoms with Crippen LogP contribution in [0.1, 0.15) is 34.1 Å². The van der Waals surface area contributed by atoms with Gasteiger partial charge in [-0.2, -0.15) is 0 Å². The van der Waals surface area contributed by atoms with E-state index in [-0.39, 0.29) is 17.9 Å². The molecule has 1 atom stereocenters. The number of ether oxygens (including phenoxy) is 1. The van der Waals surface area contributed by atoms with Gasteiger partial charge in [0.2, 0.25) is 5.91 Å². The molecule has 0 aromatic heterocycles. The molecule has 1 aliphatic heterocycles. The van der Waals surface area contributed by atoms with Gasteiger partial charge in [-0.3, -0.25) is 9.69 Å². The lowest BCUT2D eigenvalue weighted by Gasteiger charge is -2.30. The molecule has 0 unspecified atom stereocenters. The monoisotopic (exact) mass is 256 g/mol. The second-order valence-corrected chi connectivity index (χ2v) is 5.76. The lowest BCUT2D eigenvalue weighted by atomic mass is 9.99. The van der Waals surface area contributed by atoms with Gasteiger partial charge in [-0.15, -0.1) is 0 Å². The number of nitrogens with one attached hydrogen (secondary N) is 1. The summed E-state index contributed by atoms with van der Waals surface area (Å²) in [6.45, 7) is 13.0. The van der Waals surface area contributed by atoms with Crippen LogP contribution in [0.2, 0.25) is 0 Å². The van der Waals surface area contributed by atoms with E-state index in [1.165, 1.54) is 0 Å². The zero-order chi connectivity index (χ0) is 13.5. The van der Waals surface area contributed by atoms with Crippen LogP contribution in [0.4, 0.5) is 0 Å². The van der Waals surface area contributed by atoms with Crippen molar-refractivity contribution >= 4 is 5.91 Å². The molecule has 1 N–H and O–H groups in total. The summed E-state index contributed by atoms with van der Waals surface area (Å²) in [7, 11) is 0. The van der Waals surface area contributed by atoms with Gasteiger partial charge >= 0.3 is 0 Å². The zero-order valence-electron chi connectivity index (χ0n) is 12.2. The average molecular weight is 256 g/mol. The van der Waals surface area contributed by atoms with Crippen molar-refractivity contribution in [1.82, 2.24) is 10.2 Å². The van der Waals surface area contributed by atoms with Gasteiger partial charge in [-0.25, -0.2) is 0 Å². The number of carbonyl (C=O) groups excluding carboxylic acids is 1. The van der Waals surface area contributed by atoms with Crippen LogP contribution >= 0.6 is 0 Å². The van der Waals surface area contributed by atoms with Gasteiger partial charge in [0, 0.05) is 31.6 Å². The van der Waals surface area contributed by atoms with Gasteiger partial charge in [0.15, 0.2) is 0 Å². The molecule has 0 aliphatic carbocycles. The quantitative estimate of drug-likeness (QED) is 0.783. The van der Waals surface area contributed by atoms with Crippen LogP contribution < -0.4 is 5.32 Å². The van der Waals surface area contributed by atoms with Crippen molar-refractivity contribution in [3.8, 4) is 0 Å². The van der Waals surface area contributed by atoms with E-state index in [1.54, 1.807) is 0 Å². The van der Waals surface area contributed by atoms with Gasteiger partial charge < -0.3 is 10.1 Å². The number of amides is 1. The van der Waals surface area contributed by atoms with Crippen LogP contribution in [0.15, 0.2) is 0 Å². The van der Waals surface area contributed by atoms with Crippen LogP contribution in [0.5, 0.6) is 0 Å². The topological polar surface area (TPSA) is 41.6 Å². The molecule has 0 spiro atoms. The number of hydrogen-bond donors (Lipinski definition) is 1. The van der Waals surface area contributed by atoms with Gasteiger partial charge in [-0.1, -0.05) is 27.7 Å². The van der Waals surface area contributed by atoms with E-state index in [2.05, 4.69) is 24.1 Å². The van der Waals surface area contributed by atoms with Crippen molar-refractivity contribution in [2.75, 3.05) is 32.8 Å². The maximum Gasteiger partial charge on any atom is 0.222 e. The summed E-state index contributed by atoms with van der Waals surface area (Å²) in [4.78, 5) is 14.2. The van der Waals surface area contributed by atoms with Crippen LogP contribution in [-0.2, 0) is 9.53 Å². The summed E-state index contributed by atoms with van der Waals surface area (Å²) in [6, 6.07) is 0.280. The molecular formula is C14H28N2O2. The highest BCUT2D eigenvalue weighted by molar-refractivity contribution is 5.78. The van der Waals surface area contributed by atoms with E-state index in [1.807, 2.05) is 13.8 Å². The third kappa shape index (κ3) is 5.36. The van der Waals surface area contributed by atoms with E-state index in [0.29, 0.717) is 5.92 Å². The Balaban J connectivity index is 2.35. The third-order valence-electron chi connectivity index (χ3n) is 3.52. The van der Waals surface area contributed by atoms with Crippen LogP contribution in [0, 0.1) is 11.8 Å². The highest BCUT2D eigenvalue weighted by Crippen LogP contribution is 2.09. The number of rotatable bonds is 6. The fourth-order valence-corrected chi connectivity index (χ4v) is 2.07. The lowest BCUT2D eigenvalue weighted by molar-refractivity contribution is -0.125. The molecule has 4 heteroatoms. The standard InChI is InChI=1S/C14H28N2O2/c1-11(2)13(15-14(17)12(3)4)5-6-16-7-9-18-10-8-16/h11-13H,5-10H2,1-4H3,(H,15,17)/t13-/m1/s1. The first-order valence-corrected chi connectivity index (χ1v) is 7.11. The average Bonchev–Trinajstić information content (AvgIpc) is 2.34. The molecular weight excluding hydrogens is 228 g/mol. The van der Waals surface area contributed by atoms with E-state index in [0.717, 1.165) is 39.3 Å². The summed E-state index contributed by atoms with van der Waals surface area (Å²) < 4.78 is 5.34. The van der Waals surface area contributed by atoms with E-state index >= 15 is 0 Å². The second-order valence-electron chi connectivity index (χ2n) is 5.76. The molecule has 106 valence electrons. The van der Waals surface area contributed by atoms with E-state index in [9.17, 15) is 4.79 Å². The molecule has 0 saturated carbocycles. The molecule has 1 amide bonds. The van der Waals surface area contributed by atoms with Gasteiger partial charge in [0.1, 0.15) is 0 Å². The van der Waals surface area contributed by atoms with E-state index in [4.69, 9.17) is 4.74 Å². The van der Waals surface area contributed by atoms with Crippen molar-refractivity contribution in [1.29, 1.82) is 0 Å². The Labute approximate surface area is 111 Å². The minimum Gasteiger partial charge on any atom is -0.379 e. The summed E-state index contributed by atoms with van der Waals surface area (Å²) in [5.74, 6) is 0.707. The zero-order valence-corrected chi connectivity index (χ0v) is 12.2. The van der Waals surface area contributed by atoms with Crippen LogP contribution in [0.25, 0.3) is 0 Å². The maximum absolute atomic E-state index is 11.8. The molecule has 1 rings (SSSR count). The molecule has 1 aliphatic rings. The summed E-state index contributed by atoms with van der Waals surface area (Å²) in [6.07, 6.45) is 1.02. The molecule has 18 heavy (non-hydrogen) atoms. The lowest BCUT2D eigenvalue weighted by Crippen LogP contribution is -2.44. The summed E-state index contributed by atoms with van der Waals surface area (Å²) in [5.41, 5.74) is 0. The largest absolute Gasteiger partial charge is 0.379 e. The minimum absolute atomic E-state index is 0.0645. The third-order valence-corrected chi connectivity index (χ3v) is 3.52. The number of nitrogens with zero attached hydrogens (tertiary/aromatic N) is 1. The van der Waals surface area contributed by atoms with Crippen molar-refractivity contribution in [2.24, 2.45) is 11.8 Å². The fraction of sp³-hybridized carbons (Fsp3) is 0.929. The highest BCUT2D eigenvalue weighted by atomic mass is 16.5. The first-order chi connectivity index (χ1) is 8.50. The maximum atomic E-state index is 11.8. The SMILES string of the molecule is CC(C)C(=O)N[C@H](CCN1CCOCC1)C(C)C. The van der Waals surface area contributed by atoms with Crippen molar-refractivity contribution < 1.29 is 9.53 Å². The molecule has 1 saturated heterocycles. The Bertz CT molecular complexity index is 248. The minimum atomic E-state index is 0.0645. The van der Waals surface area contributed by atoms with Gasteiger partial charge in [0.25, 0.3) is 0 Å². The second kappa shape index (κ2) is 7.74. The smallest absolute Gasteiger partial charge is 0.222 e. The Morgan fingerprint density at radius 1 is 1.22 bits per heavy atom. The molecule has 0 aromatic carbocycles. The molecule has 0 aromatic rings. The molecule has 1 heterocycles.